The van der Waals surface area contributed by atoms with E-state index < -0.39 is 12.0 Å². The molecule has 0 saturated heterocycles. The van der Waals surface area contributed by atoms with Gasteiger partial charge >= 0.3 is 6.09 Å². The molecule has 17 heavy (non-hydrogen) atoms. The first-order valence-corrected chi connectivity index (χ1v) is 6.43. The van der Waals surface area contributed by atoms with Crippen LogP contribution in [0.3, 0.4) is 0 Å². The van der Waals surface area contributed by atoms with Crippen LogP contribution in [0.4, 0.5) is 4.79 Å². The van der Waals surface area contributed by atoms with Crippen molar-refractivity contribution < 1.29 is 14.7 Å². The number of imide groups is 1. The van der Waals surface area contributed by atoms with Crippen molar-refractivity contribution in [2.24, 2.45) is 0 Å². The van der Waals surface area contributed by atoms with E-state index in [2.05, 4.69) is 13.8 Å². The number of rotatable bonds is 4. The molecule has 0 aliphatic heterocycles. The van der Waals surface area contributed by atoms with Gasteiger partial charge in [-0.1, -0.05) is 13.8 Å². The molecule has 1 N–H and O–H groups in total. The highest BCUT2D eigenvalue weighted by Crippen LogP contribution is 2.30. The van der Waals surface area contributed by atoms with E-state index in [1.165, 1.54) is 18.4 Å². The van der Waals surface area contributed by atoms with Gasteiger partial charge in [-0.05, 0) is 30.9 Å². The van der Waals surface area contributed by atoms with Crippen LogP contribution in [-0.2, 0) is 0 Å². The molecule has 0 aromatic carbocycles. The summed E-state index contributed by atoms with van der Waals surface area (Å²) in [5.41, 5.74) is 0. The molecule has 0 aliphatic carbocycles. The summed E-state index contributed by atoms with van der Waals surface area (Å²) in [4.78, 5) is 24.8. The van der Waals surface area contributed by atoms with Crippen LogP contribution in [0, 0.1) is 0 Å². The normalized spacial score (nSPS) is 10.6. The van der Waals surface area contributed by atoms with E-state index in [9.17, 15) is 9.59 Å². The second-order valence-electron chi connectivity index (χ2n) is 3.86. The molecule has 0 unspecified atom stereocenters. The van der Waals surface area contributed by atoms with Gasteiger partial charge in [0.25, 0.3) is 5.91 Å². The third-order valence-corrected chi connectivity index (χ3v) is 4.05. The van der Waals surface area contributed by atoms with Crippen LogP contribution in [0.1, 0.15) is 47.2 Å². The number of carboxylic acid groups (broad SMARTS) is 1. The van der Waals surface area contributed by atoms with E-state index >= 15 is 0 Å². The van der Waals surface area contributed by atoms with Gasteiger partial charge in [0.05, 0.1) is 4.88 Å². The number of hydrogen-bond donors (Lipinski definition) is 1. The second-order valence-corrected chi connectivity index (χ2v) is 4.98. The zero-order valence-corrected chi connectivity index (χ0v) is 11.1. The Balaban J connectivity index is 2.87. The Bertz CT molecular complexity index is 410. The molecule has 0 radical (unpaired) electrons. The second kappa shape index (κ2) is 5.82. The summed E-state index contributed by atoms with van der Waals surface area (Å²) in [6.45, 7) is 4.22. The van der Waals surface area contributed by atoms with E-state index in [0.29, 0.717) is 15.7 Å². The average Bonchev–Trinajstić information content (AvgIpc) is 2.78. The van der Waals surface area contributed by atoms with Crippen molar-refractivity contribution in [3.05, 3.63) is 21.9 Å². The predicted octanol–water partition coefficient (Wildman–Crippen LogP) is 3.40. The lowest BCUT2D eigenvalue weighted by molar-refractivity contribution is 0.0786. The fourth-order valence-electron chi connectivity index (χ4n) is 1.63. The molecule has 1 rings (SSSR count). The zero-order valence-electron chi connectivity index (χ0n) is 10.3. The lowest BCUT2D eigenvalue weighted by Gasteiger charge is -2.10. The number of carbonyl (C=O) groups is 2. The number of thiophene rings is 1. The van der Waals surface area contributed by atoms with Crippen LogP contribution in [0.15, 0.2) is 12.1 Å². The Labute approximate surface area is 105 Å². The van der Waals surface area contributed by atoms with Crippen LogP contribution in [0.2, 0.25) is 0 Å². The summed E-state index contributed by atoms with van der Waals surface area (Å²) in [5, 5.41) is 8.73. The quantitative estimate of drug-likeness (QED) is 0.897. The lowest BCUT2D eigenvalue weighted by atomic mass is 10.0. The summed E-state index contributed by atoms with van der Waals surface area (Å²) >= 11 is 1.39. The van der Waals surface area contributed by atoms with E-state index in [4.69, 9.17) is 5.11 Å². The third kappa shape index (κ3) is 3.06. The molecule has 94 valence electrons. The van der Waals surface area contributed by atoms with Crippen molar-refractivity contribution in [3.8, 4) is 0 Å². The standard InChI is InChI=1S/C12H17NO3S/c1-4-8(5-2)9-6-7-10(17-9)11(14)13(3)12(15)16/h6-8H,4-5H2,1-3H3,(H,15,16). The summed E-state index contributed by atoms with van der Waals surface area (Å²) in [7, 11) is 1.27. The summed E-state index contributed by atoms with van der Waals surface area (Å²) in [6, 6.07) is 3.63. The maximum atomic E-state index is 11.8. The smallest absolute Gasteiger partial charge is 0.414 e. The molecular weight excluding hydrogens is 238 g/mol. The van der Waals surface area contributed by atoms with Gasteiger partial charge in [-0.3, -0.25) is 4.79 Å². The first-order valence-electron chi connectivity index (χ1n) is 5.61. The molecule has 1 aromatic rings. The molecule has 1 aromatic heterocycles. The fourth-order valence-corrected chi connectivity index (χ4v) is 2.88. The molecule has 5 heteroatoms. The van der Waals surface area contributed by atoms with Gasteiger partial charge in [-0.2, -0.15) is 0 Å². The minimum atomic E-state index is -1.23. The Morgan fingerprint density at radius 2 is 1.94 bits per heavy atom. The van der Waals surface area contributed by atoms with Crippen molar-refractivity contribution in [3.63, 3.8) is 0 Å². The van der Waals surface area contributed by atoms with Gasteiger partial charge in [-0.25, -0.2) is 9.69 Å². The van der Waals surface area contributed by atoms with Gasteiger partial charge in [0.1, 0.15) is 0 Å². The molecule has 1 heterocycles. The molecule has 0 aliphatic rings. The number of amides is 2. The summed E-state index contributed by atoms with van der Waals surface area (Å²) < 4.78 is 0. The van der Waals surface area contributed by atoms with Crippen LogP contribution >= 0.6 is 11.3 Å². The monoisotopic (exact) mass is 255 g/mol. The van der Waals surface area contributed by atoms with E-state index in [-0.39, 0.29) is 0 Å². The van der Waals surface area contributed by atoms with Crippen LogP contribution in [0.25, 0.3) is 0 Å². The van der Waals surface area contributed by atoms with Gasteiger partial charge in [0, 0.05) is 11.9 Å². The minimum Gasteiger partial charge on any atom is -0.465 e. The summed E-state index contributed by atoms with van der Waals surface area (Å²) in [5.74, 6) is -0.00334. The predicted molar refractivity (Wildman–Crippen MR) is 67.8 cm³/mol. The first-order chi connectivity index (χ1) is 8.01. The van der Waals surface area contributed by atoms with Crippen LogP contribution in [-0.4, -0.2) is 29.1 Å². The van der Waals surface area contributed by atoms with Crippen molar-refractivity contribution >= 4 is 23.3 Å². The SMILES string of the molecule is CCC(CC)c1ccc(C(=O)N(C)C(=O)O)s1. The zero-order chi connectivity index (χ0) is 13.0. The average molecular weight is 255 g/mol. The Kier molecular flexibility index (Phi) is 4.69. The highest BCUT2D eigenvalue weighted by Gasteiger charge is 2.20. The Morgan fingerprint density at radius 1 is 1.35 bits per heavy atom. The largest absolute Gasteiger partial charge is 0.465 e. The molecule has 0 atom stereocenters. The van der Waals surface area contributed by atoms with Crippen LogP contribution in [0.5, 0.6) is 0 Å². The molecule has 0 fully saturated rings. The maximum absolute atomic E-state index is 11.8. The minimum absolute atomic E-state index is 0.455. The molecule has 4 nitrogen and oxygen atoms in total. The molecule has 2 amide bonds. The van der Waals surface area contributed by atoms with Crippen molar-refractivity contribution in [2.45, 2.75) is 32.6 Å². The third-order valence-electron chi connectivity index (χ3n) is 2.82. The highest BCUT2D eigenvalue weighted by atomic mass is 32.1. The Morgan fingerprint density at radius 3 is 2.41 bits per heavy atom. The molecular formula is C12H17NO3S. The number of nitrogens with zero attached hydrogens (tertiary/aromatic N) is 1. The van der Waals surface area contributed by atoms with Gasteiger partial charge in [-0.15, -0.1) is 11.3 Å². The molecule has 0 spiro atoms. The molecule has 0 bridgehead atoms. The van der Waals surface area contributed by atoms with Crippen molar-refractivity contribution in [2.75, 3.05) is 7.05 Å². The first kappa shape index (κ1) is 13.7. The topological polar surface area (TPSA) is 57.6 Å². The summed E-state index contributed by atoms with van der Waals surface area (Å²) in [6.07, 6.45) is 0.825. The van der Waals surface area contributed by atoms with E-state index in [1.54, 1.807) is 6.07 Å². The van der Waals surface area contributed by atoms with Gasteiger partial charge in [0.15, 0.2) is 0 Å². The van der Waals surface area contributed by atoms with E-state index in [0.717, 1.165) is 17.7 Å². The number of hydrogen-bond acceptors (Lipinski definition) is 3. The van der Waals surface area contributed by atoms with Gasteiger partial charge < -0.3 is 5.11 Å². The van der Waals surface area contributed by atoms with E-state index in [1.807, 2.05) is 6.07 Å². The molecule has 0 saturated carbocycles. The number of carbonyl (C=O) groups excluding carboxylic acids is 1. The van der Waals surface area contributed by atoms with Gasteiger partial charge in [0.2, 0.25) is 0 Å². The van der Waals surface area contributed by atoms with Crippen molar-refractivity contribution in [1.82, 2.24) is 4.90 Å². The lowest BCUT2D eigenvalue weighted by Crippen LogP contribution is -2.31. The Hall–Kier alpha value is -1.36. The van der Waals surface area contributed by atoms with Crippen molar-refractivity contribution in [1.29, 1.82) is 0 Å². The maximum Gasteiger partial charge on any atom is 0.414 e. The fraction of sp³-hybridized carbons (Fsp3) is 0.500. The highest BCUT2D eigenvalue weighted by molar-refractivity contribution is 7.14. The van der Waals surface area contributed by atoms with Crippen LogP contribution < -0.4 is 0 Å².